The highest BCUT2D eigenvalue weighted by Crippen LogP contribution is 2.30. The first-order valence-corrected chi connectivity index (χ1v) is 9.85. The van der Waals surface area contributed by atoms with E-state index >= 15 is 0 Å². The number of hydrogen-bond acceptors (Lipinski definition) is 11. The van der Waals surface area contributed by atoms with Crippen LogP contribution in [0.1, 0.15) is 30.7 Å². The summed E-state index contributed by atoms with van der Waals surface area (Å²) in [5.74, 6) is -0.287. The molecule has 0 atom stereocenters. The molecule has 0 aliphatic heterocycles. The molecule has 1 N–H and O–H groups in total. The number of aromatic nitrogens is 1. The van der Waals surface area contributed by atoms with Crippen LogP contribution in [-0.4, -0.2) is 43.5 Å². The van der Waals surface area contributed by atoms with E-state index in [1.54, 1.807) is 20.8 Å². The molecule has 1 heterocycles. The fourth-order valence-electron chi connectivity index (χ4n) is 1.73. The van der Waals surface area contributed by atoms with Gasteiger partial charge >= 0.3 is 22.7 Å². The maximum absolute atomic E-state index is 11.7. The van der Waals surface area contributed by atoms with E-state index in [4.69, 9.17) is 18.8 Å². The molecular weight excluding hydrogens is 406 g/mol. The highest BCUT2D eigenvalue weighted by Gasteiger charge is 2.21. The van der Waals surface area contributed by atoms with Crippen LogP contribution >= 0.6 is 12.0 Å². The zero-order valence-corrected chi connectivity index (χ0v) is 16.4. The van der Waals surface area contributed by atoms with Crippen molar-refractivity contribution in [2.24, 2.45) is 0 Å². The van der Waals surface area contributed by atoms with E-state index < -0.39 is 22.7 Å². The predicted molar refractivity (Wildman–Crippen MR) is 92.4 cm³/mol. The van der Waals surface area contributed by atoms with Gasteiger partial charge in [0.1, 0.15) is 6.61 Å². The largest absolute Gasteiger partial charge is 0.513 e. The van der Waals surface area contributed by atoms with Gasteiger partial charge in [-0.25, -0.2) is 9.59 Å². The van der Waals surface area contributed by atoms with Gasteiger partial charge in [-0.3, -0.25) is 9.54 Å². The number of pyridine rings is 1. The second-order valence-corrected chi connectivity index (χ2v) is 6.63. The van der Waals surface area contributed by atoms with E-state index in [-0.39, 0.29) is 37.0 Å². The zero-order chi connectivity index (χ0) is 20.4. The number of carbonyl (C=O) groups is 2. The van der Waals surface area contributed by atoms with Crippen LogP contribution in [0.2, 0.25) is 0 Å². The second-order valence-electron chi connectivity index (χ2n) is 4.71. The van der Waals surface area contributed by atoms with Gasteiger partial charge in [0.2, 0.25) is 0 Å². The van der Waals surface area contributed by atoms with Crippen molar-refractivity contribution >= 4 is 34.8 Å². The molecular formula is C14H19NO10S2. The standard InChI is InChI=1S/C14H19NO10S2/c1-4-21-13(16)23-7-10-9(3)6-15-11(8-26-25-27(18,19)20)12(10)24-14(17)22-5-2/h6H,4-5,7-8H2,1-3H3,(H,18,19,20). The molecule has 0 radical (unpaired) electrons. The van der Waals surface area contributed by atoms with Crippen LogP contribution in [0.3, 0.4) is 0 Å². The number of nitrogens with zero attached hydrogens (tertiary/aromatic N) is 1. The Morgan fingerprint density at radius 1 is 1.15 bits per heavy atom. The molecule has 0 bridgehead atoms. The summed E-state index contributed by atoms with van der Waals surface area (Å²) in [4.78, 5) is 27.2. The molecule has 0 saturated heterocycles. The molecule has 0 aliphatic rings. The summed E-state index contributed by atoms with van der Waals surface area (Å²) < 4.78 is 53.5. The molecule has 0 amide bonds. The molecule has 1 aromatic rings. The number of aryl methyl sites for hydroxylation is 1. The highest BCUT2D eigenvalue weighted by atomic mass is 32.3. The number of ether oxygens (including phenoxy) is 4. The third-order valence-electron chi connectivity index (χ3n) is 2.80. The molecule has 0 unspecified atom stereocenters. The predicted octanol–water partition coefficient (Wildman–Crippen LogP) is 2.57. The van der Waals surface area contributed by atoms with Gasteiger partial charge in [-0.05, 0) is 26.3 Å². The third-order valence-corrected chi connectivity index (χ3v) is 4.26. The van der Waals surface area contributed by atoms with Crippen molar-refractivity contribution < 1.29 is 45.1 Å². The van der Waals surface area contributed by atoms with Crippen LogP contribution in [0.5, 0.6) is 5.75 Å². The molecule has 0 aromatic carbocycles. The summed E-state index contributed by atoms with van der Waals surface area (Å²) in [6.07, 6.45) is -0.531. The van der Waals surface area contributed by atoms with Gasteiger partial charge in [0.15, 0.2) is 5.75 Å². The Hall–Kier alpha value is -2.09. The summed E-state index contributed by atoms with van der Waals surface area (Å²) in [6.45, 7) is 4.72. The molecule has 0 saturated carbocycles. The van der Waals surface area contributed by atoms with Crippen molar-refractivity contribution in [1.29, 1.82) is 0 Å². The molecule has 13 heteroatoms. The van der Waals surface area contributed by atoms with Gasteiger partial charge in [0, 0.05) is 23.8 Å². The first kappa shape index (κ1) is 23.0. The van der Waals surface area contributed by atoms with Crippen LogP contribution in [0, 0.1) is 6.92 Å². The zero-order valence-electron chi connectivity index (χ0n) is 14.8. The van der Waals surface area contributed by atoms with Crippen LogP contribution in [-0.2, 0) is 40.6 Å². The second kappa shape index (κ2) is 10.9. The lowest BCUT2D eigenvalue weighted by Crippen LogP contribution is -2.15. The summed E-state index contributed by atoms with van der Waals surface area (Å²) in [5.41, 5.74) is 0.932. The van der Waals surface area contributed by atoms with Crippen LogP contribution < -0.4 is 4.74 Å². The molecule has 1 aromatic heterocycles. The van der Waals surface area contributed by atoms with Gasteiger partial charge in [0.05, 0.1) is 24.7 Å². The monoisotopic (exact) mass is 425 g/mol. The van der Waals surface area contributed by atoms with Gasteiger partial charge in [0.25, 0.3) is 0 Å². The fraction of sp³-hybridized carbons (Fsp3) is 0.500. The summed E-state index contributed by atoms with van der Waals surface area (Å²) in [7, 11) is -4.67. The van der Waals surface area contributed by atoms with Crippen LogP contribution in [0.15, 0.2) is 6.20 Å². The maximum Gasteiger partial charge on any atom is 0.513 e. The first-order valence-electron chi connectivity index (χ1n) is 7.57. The molecule has 152 valence electrons. The van der Waals surface area contributed by atoms with Gasteiger partial charge < -0.3 is 18.9 Å². The Morgan fingerprint density at radius 2 is 1.78 bits per heavy atom. The minimum atomic E-state index is -4.67. The van der Waals surface area contributed by atoms with Crippen molar-refractivity contribution in [3.05, 3.63) is 23.0 Å². The lowest BCUT2D eigenvalue weighted by molar-refractivity contribution is 0.0527. The Kier molecular flexibility index (Phi) is 9.28. The van der Waals surface area contributed by atoms with Gasteiger partial charge in [-0.15, -0.1) is 0 Å². The summed E-state index contributed by atoms with van der Waals surface area (Å²) >= 11 is 0.350. The summed E-state index contributed by atoms with van der Waals surface area (Å²) in [5, 5.41) is 0. The molecule has 27 heavy (non-hydrogen) atoms. The minimum absolute atomic E-state index is 0.0582. The third kappa shape index (κ3) is 8.43. The maximum atomic E-state index is 11.7. The molecule has 1 rings (SSSR count). The molecule has 0 aliphatic carbocycles. The number of carbonyl (C=O) groups excluding carboxylic acids is 2. The molecule has 11 nitrogen and oxygen atoms in total. The quantitative estimate of drug-likeness (QED) is 0.352. The average Bonchev–Trinajstić information content (AvgIpc) is 2.55. The van der Waals surface area contributed by atoms with Crippen molar-refractivity contribution in [3.8, 4) is 5.75 Å². The summed E-state index contributed by atoms with van der Waals surface area (Å²) in [6, 6.07) is 0. The Morgan fingerprint density at radius 3 is 2.37 bits per heavy atom. The van der Waals surface area contributed by atoms with E-state index in [1.165, 1.54) is 6.20 Å². The minimum Gasteiger partial charge on any atom is -0.435 e. The normalized spacial score (nSPS) is 11.0. The Bertz CT molecular complexity index is 765. The molecule has 0 fully saturated rings. The SMILES string of the molecule is CCOC(=O)OCc1c(C)cnc(CSOS(=O)(=O)O)c1OC(=O)OCC. The van der Waals surface area contributed by atoms with Crippen molar-refractivity contribution in [2.75, 3.05) is 13.2 Å². The number of hydrogen-bond donors (Lipinski definition) is 1. The van der Waals surface area contributed by atoms with Crippen molar-refractivity contribution in [3.63, 3.8) is 0 Å². The van der Waals surface area contributed by atoms with E-state index in [9.17, 15) is 18.0 Å². The van der Waals surface area contributed by atoms with E-state index in [1.807, 2.05) is 0 Å². The van der Waals surface area contributed by atoms with Crippen molar-refractivity contribution in [2.45, 2.75) is 33.1 Å². The topological polar surface area (TPSA) is 148 Å². The fourth-order valence-corrected chi connectivity index (χ4v) is 2.73. The lowest BCUT2D eigenvalue weighted by Gasteiger charge is -2.15. The van der Waals surface area contributed by atoms with Gasteiger partial charge in [-0.2, -0.15) is 12.0 Å². The lowest BCUT2D eigenvalue weighted by atomic mass is 10.1. The average molecular weight is 425 g/mol. The van der Waals surface area contributed by atoms with Crippen molar-refractivity contribution in [1.82, 2.24) is 4.98 Å². The van der Waals surface area contributed by atoms with Crippen LogP contribution in [0.4, 0.5) is 9.59 Å². The smallest absolute Gasteiger partial charge is 0.435 e. The number of rotatable bonds is 9. The van der Waals surface area contributed by atoms with Gasteiger partial charge in [-0.1, -0.05) is 0 Å². The Balaban J connectivity index is 3.10. The van der Waals surface area contributed by atoms with E-state index in [0.29, 0.717) is 23.2 Å². The first-order chi connectivity index (χ1) is 12.7. The van der Waals surface area contributed by atoms with Crippen LogP contribution in [0.25, 0.3) is 0 Å². The van der Waals surface area contributed by atoms with E-state index in [2.05, 4.69) is 13.4 Å². The van der Waals surface area contributed by atoms with E-state index in [0.717, 1.165) is 0 Å². The molecule has 0 spiro atoms. The highest BCUT2D eigenvalue weighted by molar-refractivity contribution is 8.02. The Labute approximate surface area is 160 Å².